The normalized spacial score (nSPS) is 9.03. The lowest BCUT2D eigenvalue weighted by molar-refractivity contribution is 1.25. The number of rotatable bonds is 2. The minimum absolute atomic E-state index is 0. The van der Waals surface area contributed by atoms with Gasteiger partial charge in [0, 0.05) is 37.2 Å². The molecule has 0 radical (unpaired) electrons. The van der Waals surface area contributed by atoms with Gasteiger partial charge >= 0.3 is 0 Å². The largest absolute Gasteiger partial charge is 0.265 e. The van der Waals surface area contributed by atoms with Crippen LogP contribution in [0.1, 0.15) is 0 Å². The predicted molar refractivity (Wildman–Crippen MR) is 126 cm³/mol. The van der Waals surface area contributed by atoms with Crippen LogP contribution in [0.3, 0.4) is 0 Å². The Kier molecular flexibility index (Phi) is 10.6. The highest BCUT2D eigenvalue weighted by Gasteiger charge is 1.96. The fourth-order valence-corrected chi connectivity index (χ4v) is 2.37. The van der Waals surface area contributed by atoms with Gasteiger partial charge in [0.05, 0.1) is 22.8 Å². The van der Waals surface area contributed by atoms with E-state index in [1.165, 1.54) is 0 Å². The van der Waals surface area contributed by atoms with Crippen LogP contribution in [0.2, 0.25) is 0 Å². The third-order valence-corrected chi connectivity index (χ3v) is 3.75. The van der Waals surface area contributed by atoms with Crippen molar-refractivity contribution in [3.05, 3.63) is 128 Å². The Morgan fingerprint density at radius 1 is 0.323 bits per heavy atom. The van der Waals surface area contributed by atoms with E-state index in [1.54, 1.807) is 37.2 Å². The smallest absolute Gasteiger partial charge is 0.0886 e. The van der Waals surface area contributed by atoms with Crippen molar-refractivity contribution in [2.45, 2.75) is 0 Å². The number of hydrogen-bond acceptors (Lipinski definition) is 5. The minimum Gasteiger partial charge on any atom is -0.265 e. The molecule has 0 amide bonds. The van der Waals surface area contributed by atoms with Crippen LogP contribution in [0.15, 0.2) is 128 Å². The average Bonchev–Trinajstić information content (AvgIpc) is 2.88. The second-order valence-electron chi connectivity index (χ2n) is 5.88. The summed E-state index contributed by atoms with van der Waals surface area (Å²) in [5.41, 5.74) is 3.66. The maximum atomic E-state index is 4.19. The Labute approximate surface area is 188 Å². The monoisotopic (exact) mass is 427 g/mol. The van der Waals surface area contributed by atoms with Crippen molar-refractivity contribution in [1.29, 1.82) is 0 Å². The van der Waals surface area contributed by atoms with Crippen LogP contribution in [0.25, 0.3) is 22.8 Å². The van der Waals surface area contributed by atoms with Gasteiger partial charge in [-0.1, -0.05) is 30.3 Å². The fraction of sp³-hybridized carbons (Fsp3) is 0. The number of nitrogens with zero attached hydrogens (tertiary/aromatic N) is 5. The standard InChI is InChI=1S/2C10H8N2.C5H5N.ClH/c2*1-3-7-11-9(5-1)10-6-2-4-8-12-10;1-2-4-6-5-3-1;/h2*1-8H;1-5H;1H. The topological polar surface area (TPSA) is 64.5 Å². The lowest BCUT2D eigenvalue weighted by Gasteiger charge is -1.96. The van der Waals surface area contributed by atoms with Gasteiger partial charge in [-0.3, -0.25) is 24.9 Å². The van der Waals surface area contributed by atoms with Crippen molar-refractivity contribution >= 4 is 12.4 Å². The summed E-state index contributed by atoms with van der Waals surface area (Å²) in [5.74, 6) is 0. The third kappa shape index (κ3) is 8.51. The van der Waals surface area contributed by atoms with Crippen molar-refractivity contribution in [1.82, 2.24) is 24.9 Å². The third-order valence-electron chi connectivity index (χ3n) is 3.75. The maximum Gasteiger partial charge on any atom is 0.0886 e. The summed E-state index contributed by atoms with van der Waals surface area (Å²) in [6, 6.07) is 28.9. The molecule has 0 aromatic carbocycles. The quantitative estimate of drug-likeness (QED) is 0.356. The van der Waals surface area contributed by atoms with Crippen LogP contribution in [0.5, 0.6) is 0 Å². The molecular weight excluding hydrogens is 406 g/mol. The fourth-order valence-electron chi connectivity index (χ4n) is 2.37. The van der Waals surface area contributed by atoms with E-state index in [1.807, 2.05) is 91.0 Å². The Morgan fingerprint density at radius 3 is 0.774 bits per heavy atom. The average molecular weight is 428 g/mol. The first kappa shape index (κ1) is 23.3. The molecule has 5 rings (SSSR count). The van der Waals surface area contributed by atoms with Crippen LogP contribution in [-0.4, -0.2) is 24.9 Å². The molecule has 0 N–H and O–H groups in total. The van der Waals surface area contributed by atoms with E-state index in [-0.39, 0.29) is 12.4 Å². The Balaban J connectivity index is 0.000000172. The minimum atomic E-state index is 0. The van der Waals surface area contributed by atoms with Gasteiger partial charge in [-0.15, -0.1) is 12.4 Å². The first-order valence-corrected chi connectivity index (χ1v) is 9.43. The number of pyridine rings is 5. The van der Waals surface area contributed by atoms with Gasteiger partial charge in [-0.05, 0) is 60.7 Å². The van der Waals surface area contributed by atoms with Crippen LogP contribution < -0.4 is 0 Å². The maximum absolute atomic E-state index is 4.19. The highest BCUT2D eigenvalue weighted by Crippen LogP contribution is 2.11. The molecule has 0 bridgehead atoms. The van der Waals surface area contributed by atoms with Crippen molar-refractivity contribution in [2.24, 2.45) is 0 Å². The SMILES string of the molecule is Cl.c1ccc(-c2ccccn2)nc1.c1ccc(-c2ccccn2)nc1.c1ccncc1. The van der Waals surface area contributed by atoms with Crippen LogP contribution >= 0.6 is 12.4 Å². The number of hydrogen-bond donors (Lipinski definition) is 0. The van der Waals surface area contributed by atoms with E-state index in [0.29, 0.717) is 0 Å². The molecule has 0 aliphatic rings. The van der Waals surface area contributed by atoms with Crippen molar-refractivity contribution in [3.8, 4) is 22.8 Å². The molecular formula is C25H22ClN5. The van der Waals surface area contributed by atoms with Gasteiger partial charge in [0.25, 0.3) is 0 Å². The van der Waals surface area contributed by atoms with Gasteiger partial charge < -0.3 is 0 Å². The van der Waals surface area contributed by atoms with Crippen LogP contribution in [0, 0.1) is 0 Å². The van der Waals surface area contributed by atoms with Crippen molar-refractivity contribution in [3.63, 3.8) is 0 Å². The molecule has 0 unspecified atom stereocenters. The van der Waals surface area contributed by atoms with Gasteiger partial charge in [-0.2, -0.15) is 0 Å². The Hall–Kier alpha value is -3.96. The van der Waals surface area contributed by atoms with Crippen LogP contribution in [-0.2, 0) is 0 Å². The molecule has 5 aromatic rings. The second-order valence-corrected chi connectivity index (χ2v) is 5.88. The van der Waals surface area contributed by atoms with E-state index in [2.05, 4.69) is 24.9 Å². The van der Waals surface area contributed by atoms with E-state index in [4.69, 9.17) is 0 Å². The molecule has 31 heavy (non-hydrogen) atoms. The van der Waals surface area contributed by atoms with E-state index in [9.17, 15) is 0 Å². The lowest BCUT2D eigenvalue weighted by Crippen LogP contribution is -1.83. The molecule has 0 atom stereocenters. The van der Waals surface area contributed by atoms with Crippen LogP contribution in [0.4, 0.5) is 0 Å². The zero-order chi connectivity index (χ0) is 20.7. The molecule has 0 aliphatic heterocycles. The summed E-state index contributed by atoms with van der Waals surface area (Å²) in [6.45, 7) is 0. The first-order valence-electron chi connectivity index (χ1n) is 9.43. The molecule has 5 nitrogen and oxygen atoms in total. The zero-order valence-electron chi connectivity index (χ0n) is 16.8. The zero-order valence-corrected chi connectivity index (χ0v) is 17.6. The van der Waals surface area contributed by atoms with Gasteiger partial charge in [0.2, 0.25) is 0 Å². The highest BCUT2D eigenvalue weighted by atomic mass is 35.5. The van der Waals surface area contributed by atoms with Crippen molar-refractivity contribution < 1.29 is 0 Å². The molecule has 5 heterocycles. The van der Waals surface area contributed by atoms with E-state index >= 15 is 0 Å². The highest BCUT2D eigenvalue weighted by molar-refractivity contribution is 5.85. The summed E-state index contributed by atoms with van der Waals surface area (Å²) in [5, 5.41) is 0. The number of halogens is 1. The Morgan fingerprint density at radius 2 is 0.613 bits per heavy atom. The predicted octanol–water partition coefficient (Wildman–Crippen LogP) is 5.79. The van der Waals surface area contributed by atoms with Gasteiger partial charge in [0.15, 0.2) is 0 Å². The molecule has 0 fully saturated rings. The molecule has 0 spiro atoms. The number of aromatic nitrogens is 5. The molecule has 0 saturated heterocycles. The molecule has 0 aliphatic carbocycles. The summed E-state index contributed by atoms with van der Waals surface area (Å²) < 4.78 is 0. The van der Waals surface area contributed by atoms with E-state index < -0.39 is 0 Å². The second kappa shape index (κ2) is 14.1. The summed E-state index contributed by atoms with van der Waals surface area (Å²) in [6.07, 6.45) is 10.6. The molecule has 6 heteroatoms. The molecule has 5 aromatic heterocycles. The lowest BCUT2D eigenvalue weighted by atomic mass is 10.2. The Bertz CT molecular complexity index is 889. The molecule has 0 saturated carbocycles. The first-order chi connectivity index (χ1) is 14.9. The summed E-state index contributed by atoms with van der Waals surface area (Å²) in [4.78, 5) is 20.5. The summed E-state index contributed by atoms with van der Waals surface area (Å²) >= 11 is 0. The summed E-state index contributed by atoms with van der Waals surface area (Å²) in [7, 11) is 0. The molecule has 154 valence electrons. The van der Waals surface area contributed by atoms with Gasteiger partial charge in [0.1, 0.15) is 0 Å². The van der Waals surface area contributed by atoms with Gasteiger partial charge in [-0.25, -0.2) is 0 Å². The van der Waals surface area contributed by atoms with E-state index in [0.717, 1.165) is 22.8 Å². The van der Waals surface area contributed by atoms with Crippen molar-refractivity contribution in [2.75, 3.05) is 0 Å².